The van der Waals surface area contributed by atoms with Crippen LogP contribution in [0, 0.1) is 6.92 Å². The molecule has 194 valence electrons. The van der Waals surface area contributed by atoms with Crippen LogP contribution in [0.15, 0.2) is 66.7 Å². The molecule has 0 aliphatic heterocycles. The van der Waals surface area contributed by atoms with Crippen LogP contribution < -0.4 is 20.5 Å². The number of benzene rings is 3. The molecule has 8 heteroatoms. The summed E-state index contributed by atoms with van der Waals surface area (Å²) in [5.41, 5.74) is 12.3. The smallest absolute Gasteiger partial charge is 0.257 e. The Labute approximate surface area is 221 Å². The molecule has 0 unspecified atom stereocenters. The second-order valence-corrected chi connectivity index (χ2v) is 8.97. The first-order chi connectivity index (χ1) is 18.5. The van der Waals surface area contributed by atoms with Gasteiger partial charge in [0.25, 0.3) is 5.91 Å². The average molecular weight is 510 g/mol. The Hall–Kier alpha value is -4.59. The van der Waals surface area contributed by atoms with Gasteiger partial charge in [0.2, 0.25) is 0 Å². The first-order valence-corrected chi connectivity index (χ1v) is 12.8. The maximum Gasteiger partial charge on any atom is 0.257 e. The van der Waals surface area contributed by atoms with Crippen molar-refractivity contribution in [1.29, 1.82) is 0 Å². The third-order valence-corrected chi connectivity index (χ3v) is 6.29. The van der Waals surface area contributed by atoms with Crippen molar-refractivity contribution >= 4 is 33.9 Å². The third kappa shape index (κ3) is 4.85. The molecule has 0 bridgehead atoms. The van der Waals surface area contributed by atoms with E-state index in [4.69, 9.17) is 25.2 Å². The zero-order valence-corrected chi connectivity index (χ0v) is 21.8. The first-order valence-electron chi connectivity index (χ1n) is 12.8. The van der Waals surface area contributed by atoms with Crippen LogP contribution in [0.2, 0.25) is 0 Å². The van der Waals surface area contributed by atoms with Gasteiger partial charge in [0.05, 0.1) is 24.2 Å². The maximum atomic E-state index is 13.5. The number of aromatic nitrogens is 3. The Bertz CT molecular complexity index is 1630. The number of nitrogens with zero attached hydrogens (tertiary/aromatic N) is 3. The van der Waals surface area contributed by atoms with Crippen molar-refractivity contribution in [2.45, 2.75) is 27.2 Å². The van der Waals surface area contributed by atoms with Crippen LogP contribution in [0.4, 0.5) is 5.82 Å². The quantitative estimate of drug-likeness (QED) is 0.282. The molecule has 1 amide bonds. The van der Waals surface area contributed by atoms with Crippen molar-refractivity contribution in [3.8, 4) is 17.2 Å². The first kappa shape index (κ1) is 25.1. The van der Waals surface area contributed by atoms with Gasteiger partial charge < -0.3 is 20.5 Å². The van der Waals surface area contributed by atoms with E-state index in [0.29, 0.717) is 65.7 Å². The highest BCUT2D eigenvalue weighted by Crippen LogP contribution is 2.31. The number of nitrogens with two attached hydrogens (primary N) is 1. The Morgan fingerprint density at radius 1 is 0.921 bits per heavy atom. The fourth-order valence-electron chi connectivity index (χ4n) is 4.57. The van der Waals surface area contributed by atoms with Crippen molar-refractivity contribution in [2.24, 2.45) is 0 Å². The molecule has 0 fully saturated rings. The SMILES string of the molecule is CCOc1ccc(CCNC(=O)c2c(N)n(-c3cccc(C)c3)c3nc4ccccc4nc23)cc1OCC. The van der Waals surface area contributed by atoms with Gasteiger partial charge in [-0.1, -0.05) is 30.3 Å². The summed E-state index contributed by atoms with van der Waals surface area (Å²) < 4.78 is 13.2. The van der Waals surface area contributed by atoms with Gasteiger partial charge >= 0.3 is 0 Å². The lowest BCUT2D eigenvalue weighted by molar-refractivity contribution is 0.0956. The van der Waals surface area contributed by atoms with Gasteiger partial charge in [-0.15, -0.1) is 0 Å². The van der Waals surface area contributed by atoms with Crippen LogP contribution in [0.25, 0.3) is 27.9 Å². The van der Waals surface area contributed by atoms with E-state index < -0.39 is 0 Å². The number of hydrogen-bond donors (Lipinski definition) is 2. The number of ether oxygens (including phenoxy) is 2. The van der Waals surface area contributed by atoms with Gasteiger partial charge in [0, 0.05) is 12.2 Å². The summed E-state index contributed by atoms with van der Waals surface area (Å²) >= 11 is 0. The molecule has 0 spiro atoms. The van der Waals surface area contributed by atoms with Crippen molar-refractivity contribution in [3.05, 3.63) is 83.4 Å². The molecule has 0 saturated carbocycles. The summed E-state index contributed by atoms with van der Waals surface area (Å²) in [5.74, 6) is 1.42. The minimum atomic E-state index is -0.292. The Morgan fingerprint density at radius 3 is 2.39 bits per heavy atom. The van der Waals surface area contributed by atoms with Crippen molar-refractivity contribution < 1.29 is 14.3 Å². The van der Waals surface area contributed by atoms with Crippen LogP contribution in [-0.2, 0) is 6.42 Å². The number of carbonyl (C=O) groups excluding carboxylic acids is 1. The predicted molar refractivity (Wildman–Crippen MR) is 150 cm³/mol. The van der Waals surface area contributed by atoms with Gasteiger partial charge in [-0.05, 0) is 74.7 Å². The third-order valence-electron chi connectivity index (χ3n) is 6.29. The molecular formula is C30H31N5O3. The molecule has 3 aromatic carbocycles. The highest BCUT2D eigenvalue weighted by Gasteiger charge is 2.24. The number of amides is 1. The van der Waals surface area contributed by atoms with Crippen molar-refractivity contribution in [1.82, 2.24) is 19.9 Å². The summed E-state index contributed by atoms with van der Waals surface area (Å²) in [4.78, 5) is 23.1. The lowest BCUT2D eigenvalue weighted by Crippen LogP contribution is -2.26. The minimum Gasteiger partial charge on any atom is -0.490 e. The van der Waals surface area contributed by atoms with Gasteiger partial charge in [-0.2, -0.15) is 0 Å². The van der Waals surface area contributed by atoms with Crippen molar-refractivity contribution in [3.63, 3.8) is 0 Å². The molecule has 2 aromatic heterocycles. The summed E-state index contributed by atoms with van der Waals surface area (Å²) in [6.07, 6.45) is 0.614. The second kappa shape index (κ2) is 10.8. The molecule has 0 saturated heterocycles. The monoisotopic (exact) mass is 509 g/mol. The van der Waals surface area contributed by atoms with E-state index in [2.05, 4.69) is 5.32 Å². The second-order valence-electron chi connectivity index (χ2n) is 8.97. The van der Waals surface area contributed by atoms with E-state index >= 15 is 0 Å². The molecule has 0 radical (unpaired) electrons. The van der Waals surface area contributed by atoms with E-state index in [-0.39, 0.29) is 5.91 Å². The maximum absolute atomic E-state index is 13.5. The standard InChI is InChI=1S/C30H31N5O3/c1-4-37-24-14-13-20(18-25(24)38-5-2)15-16-32-30(36)26-27-29(34-23-12-7-6-11-22(23)33-27)35(28(26)31)21-10-8-9-19(3)17-21/h6-14,17-18H,4-5,15-16,31H2,1-3H3,(H,32,36). The molecule has 38 heavy (non-hydrogen) atoms. The predicted octanol–water partition coefficient (Wildman–Crippen LogP) is 5.23. The van der Waals surface area contributed by atoms with Crippen LogP contribution >= 0.6 is 0 Å². The number of para-hydroxylation sites is 2. The fourth-order valence-corrected chi connectivity index (χ4v) is 4.57. The zero-order valence-electron chi connectivity index (χ0n) is 21.8. The van der Waals surface area contributed by atoms with Gasteiger partial charge in [0.1, 0.15) is 16.9 Å². The number of hydrogen-bond acceptors (Lipinski definition) is 6. The molecule has 0 aliphatic rings. The van der Waals surface area contributed by atoms with Crippen LogP contribution in [0.3, 0.4) is 0 Å². The fraction of sp³-hybridized carbons (Fsp3) is 0.233. The van der Waals surface area contributed by atoms with E-state index in [1.807, 2.05) is 87.5 Å². The number of anilines is 1. The van der Waals surface area contributed by atoms with E-state index in [1.54, 1.807) is 4.57 Å². The minimum absolute atomic E-state index is 0.292. The lowest BCUT2D eigenvalue weighted by Gasteiger charge is -2.13. The Kier molecular flexibility index (Phi) is 7.13. The number of nitrogen functional groups attached to an aromatic ring is 1. The lowest BCUT2D eigenvalue weighted by atomic mass is 10.1. The number of rotatable bonds is 9. The number of carbonyl (C=O) groups is 1. The normalized spacial score (nSPS) is 11.1. The topological polar surface area (TPSA) is 104 Å². The summed E-state index contributed by atoms with van der Waals surface area (Å²) in [6, 6.07) is 21.4. The number of aryl methyl sites for hydroxylation is 1. The summed E-state index contributed by atoms with van der Waals surface area (Å²) in [5, 5.41) is 3.02. The molecule has 5 aromatic rings. The largest absolute Gasteiger partial charge is 0.490 e. The van der Waals surface area contributed by atoms with Crippen LogP contribution in [0.1, 0.15) is 35.3 Å². The van der Waals surface area contributed by atoms with E-state index in [0.717, 1.165) is 22.3 Å². The Balaban J connectivity index is 1.47. The van der Waals surface area contributed by atoms with Crippen LogP contribution in [-0.4, -0.2) is 40.2 Å². The highest BCUT2D eigenvalue weighted by atomic mass is 16.5. The number of nitrogens with one attached hydrogen (secondary N) is 1. The molecule has 8 nitrogen and oxygen atoms in total. The van der Waals surface area contributed by atoms with Gasteiger partial charge in [-0.3, -0.25) is 9.36 Å². The zero-order chi connectivity index (χ0) is 26.6. The molecule has 2 heterocycles. The summed E-state index contributed by atoms with van der Waals surface area (Å²) in [6.45, 7) is 7.40. The Morgan fingerprint density at radius 2 is 1.66 bits per heavy atom. The van der Waals surface area contributed by atoms with E-state index in [1.165, 1.54) is 0 Å². The van der Waals surface area contributed by atoms with Gasteiger partial charge in [-0.25, -0.2) is 9.97 Å². The van der Waals surface area contributed by atoms with Crippen LogP contribution in [0.5, 0.6) is 11.5 Å². The summed E-state index contributed by atoms with van der Waals surface area (Å²) in [7, 11) is 0. The molecule has 0 aliphatic carbocycles. The highest BCUT2D eigenvalue weighted by molar-refractivity contribution is 6.11. The molecular weight excluding hydrogens is 478 g/mol. The molecule has 5 rings (SSSR count). The molecule has 3 N–H and O–H groups in total. The number of fused-ring (bicyclic) bond motifs is 2. The van der Waals surface area contributed by atoms with Gasteiger partial charge in [0.15, 0.2) is 17.1 Å². The molecule has 0 atom stereocenters. The average Bonchev–Trinajstić information content (AvgIpc) is 3.19. The van der Waals surface area contributed by atoms with Crippen molar-refractivity contribution in [2.75, 3.05) is 25.5 Å². The van der Waals surface area contributed by atoms with E-state index in [9.17, 15) is 4.79 Å².